The maximum Gasteiger partial charge on any atom is 0.242 e. The van der Waals surface area contributed by atoms with Crippen molar-refractivity contribution >= 4 is 35.2 Å². The first-order valence-electron chi connectivity index (χ1n) is 10.3. The van der Waals surface area contributed by atoms with Crippen molar-refractivity contribution in [3.05, 3.63) is 64.7 Å². The maximum atomic E-state index is 13.2. The number of benzene rings is 2. The van der Waals surface area contributed by atoms with Crippen LogP contribution in [0, 0.1) is 12.8 Å². The first-order valence-corrected chi connectivity index (χ1v) is 11.7. The summed E-state index contributed by atoms with van der Waals surface area (Å²) in [5.74, 6) is 0.477. The summed E-state index contributed by atoms with van der Waals surface area (Å²) in [5, 5.41) is 3.63. The molecule has 2 rings (SSSR count). The molecule has 30 heavy (non-hydrogen) atoms. The third-order valence-corrected chi connectivity index (χ3v) is 5.97. The van der Waals surface area contributed by atoms with Crippen LogP contribution < -0.4 is 5.32 Å². The highest BCUT2D eigenvalue weighted by Crippen LogP contribution is 2.21. The number of amides is 2. The summed E-state index contributed by atoms with van der Waals surface area (Å²) in [4.78, 5) is 28.8. The van der Waals surface area contributed by atoms with Gasteiger partial charge in [-0.15, -0.1) is 11.8 Å². The maximum absolute atomic E-state index is 13.2. The number of thioether (sulfide) groups is 1. The van der Waals surface area contributed by atoms with Gasteiger partial charge in [0, 0.05) is 23.0 Å². The Morgan fingerprint density at radius 1 is 1.07 bits per heavy atom. The molecular weight excluding hydrogens is 416 g/mol. The molecule has 0 aliphatic carbocycles. The van der Waals surface area contributed by atoms with E-state index in [1.807, 2.05) is 50.2 Å². The summed E-state index contributed by atoms with van der Waals surface area (Å²) in [6.45, 7) is 9.05. The zero-order valence-corrected chi connectivity index (χ0v) is 19.7. The van der Waals surface area contributed by atoms with E-state index < -0.39 is 6.04 Å². The number of carbonyl (C=O) groups excluding carboxylic acids is 2. The molecule has 1 atom stereocenters. The first-order chi connectivity index (χ1) is 14.3. The number of carbonyl (C=O) groups is 2. The molecule has 0 unspecified atom stereocenters. The molecule has 0 aromatic heterocycles. The van der Waals surface area contributed by atoms with Gasteiger partial charge in [-0.2, -0.15) is 0 Å². The highest BCUT2D eigenvalue weighted by Gasteiger charge is 2.28. The van der Waals surface area contributed by atoms with Crippen LogP contribution in [0.5, 0.6) is 0 Å². The molecule has 4 nitrogen and oxygen atoms in total. The molecule has 162 valence electrons. The van der Waals surface area contributed by atoms with E-state index in [1.54, 1.807) is 17.0 Å². The second-order valence-corrected chi connectivity index (χ2v) is 9.30. The molecule has 0 heterocycles. The van der Waals surface area contributed by atoms with E-state index in [1.165, 1.54) is 17.3 Å². The molecule has 2 aromatic carbocycles. The van der Waals surface area contributed by atoms with Gasteiger partial charge in [-0.05, 0) is 49.1 Å². The average Bonchev–Trinajstić information content (AvgIpc) is 2.72. The van der Waals surface area contributed by atoms with Crippen LogP contribution in [0.25, 0.3) is 0 Å². The first kappa shape index (κ1) is 24.3. The lowest BCUT2D eigenvalue weighted by Gasteiger charge is -2.31. The molecule has 0 aliphatic heterocycles. The Kier molecular flexibility index (Phi) is 9.73. The smallest absolute Gasteiger partial charge is 0.242 e. The number of aryl methyl sites for hydroxylation is 1. The quantitative estimate of drug-likeness (QED) is 0.502. The Bertz CT molecular complexity index is 822. The minimum atomic E-state index is -0.509. The molecule has 1 N–H and O–H groups in total. The number of hydrogen-bond donors (Lipinski definition) is 1. The predicted octanol–water partition coefficient (Wildman–Crippen LogP) is 5.32. The van der Waals surface area contributed by atoms with E-state index in [0.717, 1.165) is 10.5 Å². The molecule has 0 bridgehead atoms. The predicted molar refractivity (Wildman–Crippen MR) is 126 cm³/mol. The Hall–Kier alpha value is -1.98. The minimum absolute atomic E-state index is 0.0536. The van der Waals surface area contributed by atoms with E-state index in [-0.39, 0.29) is 17.6 Å². The van der Waals surface area contributed by atoms with Gasteiger partial charge in [-0.1, -0.05) is 62.2 Å². The van der Waals surface area contributed by atoms with Crippen LogP contribution in [0.4, 0.5) is 0 Å². The van der Waals surface area contributed by atoms with Crippen molar-refractivity contribution in [1.29, 1.82) is 0 Å². The summed E-state index contributed by atoms with van der Waals surface area (Å²) in [7, 11) is 0. The molecule has 6 heteroatoms. The lowest BCUT2D eigenvalue weighted by Crippen LogP contribution is -2.50. The van der Waals surface area contributed by atoms with Crippen LogP contribution >= 0.6 is 23.4 Å². The number of halogens is 1. The zero-order chi connectivity index (χ0) is 22.1. The Morgan fingerprint density at radius 2 is 1.70 bits per heavy atom. The molecule has 0 saturated heterocycles. The number of nitrogens with zero attached hydrogens (tertiary/aromatic N) is 1. The normalized spacial score (nSPS) is 11.9. The van der Waals surface area contributed by atoms with Crippen LogP contribution in [0.3, 0.4) is 0 Å². The number of rotatable bonds is 10. The van der Waals surface area contributed by atoms with Crippen molar-refractivity contribution in [3.8, 4) is 0 Å². The molecule has 0 radical (unpaired) electrons. The van der Waals surface area contributed by atoms with Crippen LogP contribution in [0.2, 0.25) is 5.02 Å². The molecule has 2 aromatic rings. The summed E-state index contributed by atoms with van der Waals surface area (Å²) in [5.41, 5.74) is 2.13. The van der Waals surface area contributed by atoms with Crippen molar-refractivity contribution in [2.24, 2.45) is 5.92 Å². The second-order valence-electron chi connectivity index (χ2n) is 7.81. The van der Waals surface area contributed by atoms with Crippen molar-refractivity contribution < 1.29 is 9.59 Å². The van der Waals surface area contributed by atoms with E-state index in [4.69, 9.17) is 11.6 Å². The SMILES string of the molecule is CC[C@H](C(=O)NCC(C)C)N(Cc1ccc(Cl)cc1)C(=O)CSc1ccc(C)cc1. The van der Waals surface area contributed by atoms with Crippen molar-refractivity contribution in [2.45, 2.75) is 51.6 Å². The molecule has 0 saturated carbocycles. The third kappa shape index (κ3) is 7.69. The van der Waals surface area contributed by atoms with Gasteiger partial charge in [0.1, 0.15) is 6.04 Å². The van der Waals surface area contributed by atoms with Gasteiger partial charge < -0.3 is 10.2 Å². The summed E-state index contributed by atoms with van der Waals surface area (Å²) >= 11 is 7.49. The molecule has 2 amide bonds. The van der Waals surface area contributed by atoms with Gasteiger partial charge in [-0.3, -0.25) is 9.59 Å². The molecule has 0 fully saturated rings. The van der Waals surface area contributed by atoms with Gasteiger partial charge in [0.2, 0.25) is 11.8 Å². The minimum Gasteiger partial charge on any atom is -0.354 e. The standard InChI is InChI=1S/C24H31ClN2O2S/c1-5-22(24(29)26-14-17(2)3)27(15-19-8-10-20(25)11-9-19)23(28)16-30-21-12-6-18(4)7-13-21/h6-13,17,22H,5,14-16H2,1-4H3,(H,26,29)/t22-/m1/s1. The van der Waals surface area contributed by atoms with Gasteiger partial charge in [0.15, 0.2) is 0 Å². The summed E-state index contributed by atoms with van der Waals surface area (Å²) < 4.78 is 0. The van der Waals surface area contributed by atoms with Gasteiger partial charge in [-0.25, -0.2) is 0 Å². The molecular formula is C24H31ClN2O2S. The van der Waals surface area contributed by atoms with Crippen LogP contribution in [0.1, 0.15) is 38.3 Å². The lowest BCUT2D eigenvalue weighted by molar-refractivity contribution is -0.139. The second kappa shape index (κ2) is 12.0. The lowest BCUT2D eigenvalue weighted by atomic mass is 10.1. The number of nitrogens with one attached hydrogen (secondary N) is 1. The van der Waals surface area contributed by atoms with Crippen molar-refractivity contribution in [3.63, 3.8) is 0 Å². The highest BCUT2D eigenvalue weighted by atomic mass is 35.5. The van der Waals surface area contributed by atoms with Crippen molar-refractivity contribution in [1.82, 2.24) is 10.2 Å². The fourth-order valence-electron chi connectivity index (χ4n) is 2.99. The zero-order valence-electron chi connectivity index (χ0n) is 18.2. The van der Waals surface area contributed by atoms with E-state index in [2.05, 4.69) is 19.2 Å². The van der Waals surface area contributed by atoms with E-state index in [9.17, 15) is 9.59 Å². The molecule has 0 aliphatic rings. The Balaban J connectivity index is 2.17. The van der Waals surface area contributed by atoms with Crippen LogP contribution in [0.15, 0.2) is 53.4 Å². The Morgan fingerprint density at radius 3 is 2.27 bits per heavy atom. The third-order valence-electron chi connectivity index (χ3n) is 4.72. The van der Waals surface area contributed by atoms with E-state index in [0.29, 0.717) is 30.5 Å². The largest absolute Gasteiger partial charge is 0.354 e. The van der Waals surface area contributed by atoms with Crippen molar-refractivity contribution in [2.75, 3.05) is 12.3 Å². The van der Waals surface area contributed by atoms with Crippen LogP contribution in [-0.4, -0.2) is 35.1 Å². The average molecular weight is 447 g/mol. The highest BCUT2D eigenvalue weighted by molar-refractivity contribution is 8.00. The van der Waals surface area contributed by atoms with E-state index >= 15 is 0 Å². The summed E-state index contributed by atoms with van der Waals surface area (Å²) in [6, 6.07) is 15.0. The summed E-state index contributed by atoms with van der Waals surface area (Å²) in [6.07, 6.45) is 0.554. The van der Waals surface area contributed by atoms with Gasteiger partial charge in [0.25, 0.3) is 0 Å². The number of hydrogen-bond acceptors (Lipinski definition) is 3. The Labute approximate surface area is 189 Å². The van der Waals surface area contributed by atoms with Gasteiger partial charge in [0.05, 0.1) is 5.75 Å². The fraction of sp³-hybridized carbons (Fsp3) is 0.417. The van der Waals surface area contributed by atoms with Gasteiger partial charge >= 0.3 is 0 Å². The monoisotopic (exact) mass is 446 g/mol. The molecule has 0 spiro atoms. The topological polar surface area (TPSA) is 49.4 Å². The fourth-order valence-corrected chi connectivity index (χ4v) is 3.90. The van der Waals surface area contributed by atoms with Crippen LogP contribution in [-0.2, 0) is 16.1 Å².